The van der Waals surface area contributed by atoms with Gasteiger partial charge in [0.1, 0.15) is 0 Å². The van der Waals surface area contributed by atoms with Crippen LogP contribution in [0.15, 0.2) is 12.7 Å². The molecule has 3 nitrogen and oxygen atoms in total. The van der Waals surface area contributed by atoms with Crippen LogP contribution in [0.2, 0.25) is 0 Å². The lowest BCUT2D eigenvalue weighted by molar-refractivity contribution is -0.126. The molecule has 102 valence electrons. The Morgan fingerprint density at radius 1 is 1.33 bits per heavy atom. The summed E-state index contributed by atoms with van der Waals surface area (Å²) in [5.41, 5.74) is 0.635. The summed E-state index contributed by atoms with van der Waals surface area (Å²) in [4.78, 5) is 16.2. The minimum atomic E-state index is 0.0711. The summed E-state index contributed by atoms with van der Waals surface area (Å²) in [7, 11) is 2.21. The van der Waals surface area contributed by atoms with E-state index >= 15 is 0 Å². The number of piperidine rings is 1. The summed E-state index contributed by atoms with van der Waals surface area (Å²) in [6.07, 6.45) is 1.43. The Labute approximate surface area is 111 Å². The summed E-state index contributed by atoms with van der Waals surface area (Å²) in [6.45, 7) is 16.7. The monoisotopic (exact) mass is 250 g/mol. The van der Waals surface area contributed by atoms with Crippen LogP contribution in [0.1, 0.15) is 34.6 Å². The molecular formula is C15H26N2O. The second kappa shape index (κ2) is 3.60. The Kier molecular flexibility index (Phi) is 2.72. The van der Waals surface area contributed by atoms with Gasteiger partial charge < -0.3 is 4.90 Å². The molecule has 1 saturated heterocycles. The maximum Gasteiger partial charge on any atom is 0.245 e. The Morgan fingerprint density at radius 2 is 1.78 bits per heavy atom. The van der Waals surface area contributed by atoms with Crippen molar-refractivity contribution in [1.82, 2.24) is 9.80 Å². The molecule has 2 fully saturated rings. The zero-order valence-electron chi connectivity index (χ0n) is 12.6. The smallest absolute Gasteiger partial charge is 0.245 e. The molecule has 0 N–H and O–H groups in total. The highest BCUT2D eigenvalue weighted by Crippen LogP contribution is 2.70. The van der Waals surface area contributed by atoms with Gasteiger partial charge in [0.2, 0.25) is 5.91 Å². The van der Waals surface area contributed by atoms with E-state index in [0.29, 0.717) is 6.04 Å². The minimum absolute atomic E-state index is 0.0711. The Balaban J connectivity index is 2.16. The van der Waals surface area contributed by atoms with Gasteiger partial charge in [-0.15, -0.1) is 0 Å². The first-order chi connectivity index (χ1) is 8.08. The molecule has 1 saturated carbocycles. The summed E-state index contributed by atoms with van der Waals surface area (Å²) in [5, 5.41) is 0. The number of rotatable bonds is 2. The highest BCUT2D eigenvalue weighted by atomic mass is 16.2. The van der Waals surface area contributed by atoms with Gasteiger partial charge in [-0.2, -0.15) is 0 Å². The Morgan fingerprint density at radius 3 is 2.11 bits per heavy atom. The number of carbonyl (C=O) groups is 1. The third-order valence-electron chi connectivity index (χ3n) is 5.40. The van der Waals surface area contributed by atoms with E-state index in [9.17, 15) is 4.79 Å². The van der Waals surface area contributed by atoms with E-state index in [1.165, 1.54) is 6.08 Å². The number of hydrogen-bond donors (Lipinski definition) is 0. The average molecular weight is 250 g/mol. The van der Waals surface area contributed by atoms with E-state index in [-0.39, 0.29) is 22.3 Å². The van der Waals surface area contributed by atoms with Crippen molar-refractivity contribution in [1.29, 1.82) is 0 Å². The topological polar surface area (TPSA) is 23.6 Å². The number of fused-ring (bicyclic) bond motifs is 1. The van der Waals surface area contributed by atoms with E-state index in [4.69, 9.17) is 0 Å². The predicted molar refractivity (Wildman–Crippen MR) is 74.3 cm³/mol. The van der Waals surface area contributed by atoms with Crippen molar-refractivity contribution < 1.29 is 4.79 Å². The second-order valence-electron chi connectivity index (χ2n) is 7.42. The lowest BCUT2D eigenvalue weighted by Crippen LogP contribution is -2.46. The number of amides is 1. The molecule has 1 heterocycles. The van der Waals surface area contributed by atoms with Gasteiger partial charge in [0, 0.05) is 35.5 Å². The van der Waals surface area contributed by atoms with E-state index in [1.54, 1.807) is 0 Å². The molecule has 0 bridgehead atoms. The molecule has 1 aliphatic heterocycles. The highest BCUT2D eigenvalue weighted by Gasteiger charge is 2.77. The van der Waals surface area contributed by atoms with Crippen molar-refractivity contribution in [2.45, 2.75) is 46.2 Å². The van der Waals surface area contributed by atoms with E-state index < -0.39 is 0 Å². The number of nitrogens with zero attached hydrogens (tertiary/aromatic N) is 2. The quantitative estimate of drug-likeness (QED) is 0.701. The zero-order chi connectivity index (χ0) is 13.9. The summed E-state index contributed by atoms with van der Waals surface area (Å²) in [6, 6.07) is 0.568. The fourth-order valence-corrected chi connectivity index (χ4v) is 3.83. The lowest BCUT2D eigenvalue weighted by Gasteiger charge is -2.36. The molecule has 3 atom stereocenters. The van der Waals surface area contributed by atoms with Gasteiger partial charge in [-0.05, 0) is 33.9 Å². The van der Waals surface area contributed by atoms with Crippen LogP contribution in [0.3, 0.4) is 0 Å². The maximum atomic E-state index is 11.7. The molecule has 0 aromatic rings. The Hall–Kier alpha value is -0.830. The van der Waals surface area contributed by atoms with Crippen molar-refractivity contribution in [3.05, 3.63) is 12.7 Å². The largest absolute Gasteiger partial charge is 0.338 e. The third-order valence-corrected chi connectivity index (χ3v) is 5.40. The molecule has 1 amide bonds. The minimum Gasteiger partial charge on any atom is -0.338 e. The second-order valence-corrected chi connectivity index (χ2v) is 7.42. The van der Waals surface area contributed by atoms with Crippen LogP contribution in [0.4, 0.5) is 0 Å². The van der Waals surface area contributed by atoms with Gasteiger partial charge in [-0.25, -0.2) is 0 Å². The molecule has 0 radical (unpaired) electrons. The first kappa shape index (κ1) is 13.6. The van der Waals surface area contributed by atoms with Gasteiger partial charge >= 0.3 is 0 Å². The molecule has 2 aliphatic rings. The zero-order valence-corrected chi connectivity index (χ0v) is 12.6. The van der Waals surface area contributed by atoms with Crippen molar-refractivity contribution in [2.24, 2.45) is 10.8 Å². The summed E-state index contributed by atoms with van der Waals surface area (Å²) < 4.78 is 0. The molecule has 1 aliphatic carbocycles. The van der Waals surface area contributed by atoms with Crippen molar-refractivity contribution in [3.8, 4) is 0 Å². The normalized spacial score (nSPS) is 38.8. The maximum absolute atomic E-state index is 11.7. The van der Waals surface area contributed by atoms with Crippen LogP contribution in [0.5, 0.6) is 0 Å². The first-order valence-corrected chi connectivity index (χ1v) is 6.72. The highest BCUT2D eigenvalue weighted by molar-refractivity contribution is 5.87. The average Bonchev–Trinajstić information content (AvgIpc) is 2.54. The van der Waals surface area contributed by atoms with Gasteiger partial charge in [-0.1, -0.05) is 20.4 Å². The Bertz CT molecular complexity index is 380. The van der Waals surface area contributed by atoms with E-state index in [2.05, 4.69) is 53.1 Å². The van der Waals surface area contributed by atoms with Gasteiger partial charge in [0.15, 0.2) is 0 Å². The fraction of sp³-hybridized carbons (Fsp3) is 0.800. The molecular weight excluding hydrogens is 224 g/mol. The predicted octanol–water partition coefficient (Wildman–Crippen LogP) is 2.14. The standard InChI is InChI=1S/C15H26N2O/c1-8-11(18)17-9-14(5)12(15(14,6)10-17)16(7)13(2,3)4/h8,12H,1,9-10H2,2-7H3/t12-,14-,15+. The fourth-order valence-electron chi connectivity index (χ4n) is 3.83. The van der Waals surface area contributed by atoms with Crippen LogP contribution in [-0.2, 0) is 4.79 Å². The summed E-state index contributed by atoms with van der Waals surface area (Å²) >= 11 is 0. The van der Waals surface area contributed by atoms with Crippen LogP contribution in [0.25, 0.3) is 0 Å². The molecule has 3 heteroatoms. The van der Waals surface area contributed by atoms with Crippen molar-refractivity contribution in [2.75, 3.05) is 20.1 Å². The van der Waals surface area contributed by atoms with Crippen LogP contribution in [-0.4, -0.2) is 47.4 Å². The first-order valence-electron chi connectivity index (χ1n) is 6.72. The number of likely N-dealkylation sites (tertiary alicyclic amines) is 1. The molecule has 0 unspecified atom stereocenters. The summed E-state index contributed by atoms with van der Waals surface area (Å²) in [5.74, 6) is 0.0711. The molecule has 0 aromatic carbocycles. The molecule has 18 heavy (non-hydrogen) atoms. The molecule has 0 spiro atoms. The van der Waals surface area contributed by atoms with Crippen molar-refractivity contribution >= 4 is 5.91 Å². The van der Waals surface area contributed by atoms with E-state index in [1.807, 2.05) is 4.90 Å². The van der Waals surface area contributed by atoms with Crippen LogP contribution in [0, 0.1) is 10.8 Å². The van der Waals surface area contributed by atoms with Gasteiger partial charge in [0.25, 0.3) is 0 Å². The van der Waals surface area contributed by atoms with E-state index in [0.717, 1.165) is 13.1 Å². The van der Waals surface area contributed by atoms with Crippen molar-refractivity contribution in [3.63, 3.8) is 0 Å². The molecule has 2 rings (SSSR count). The number of hydrogen-bond acceptors (Lipinski definition) is 2. The third kappa shape index (κ3) is 1.56. The van der Waals surface area contributed by atoms with Crippen LogP contribution >= 0.6 is 0 Å². The van der Waals surface area contributed by atoms with Gasteiger partial charge in [0.05, 0.1) is 0 Å². The van der Waals surface area contributed by atoms with Gasteiger partial charge in [-0.3, -0.25) is 9.69 Å². The van der Waals surface area contributed by atoms with Crippen LogP contribution < -0.4 is 0 Å². The SMILES string of the molecule is C=CC(=O)N1C[C@@]2(C)[C@H](N(C)C(C)(C)C)[C@@]2(C)C1. The number of carbonyl (C=O) groups excluding carboxylic acids is 1. The lowest BCUT2D eigenvalue weighted by atomic mass is 10.0. The molecule has 0 aromatic heterocycles.